The van der Waals surface area contributed by atoms with E-state index in [0.717, 1.165) is 6.42 Å². The quantitative estimate of drug-likeness (QED) is 0.809. The van der Waals surface area contributed by atoms with Crippen LogP contribution in [0.4, 0.5) is 0 Å². The zero-order valence-electron chi connectivity index (χ0n) is 10.3. The summed E-state index contributed by atoms with van der Waals surface area (Å²) in [4.78, 5) is 33.1. The van der Waals surface area contributed by atoms with Gasteiger partial charge in [0, 0.05) is 25.5 Å². The van der Waals surface area contributed by atoms with Crippen molar-refractivity contribution in [2.24, 2.45) is 11.1 Å². The minimum Gasteiger partial charge on any atom is -0.369 e. The van der Waals surface area contributed by atoms with Gasteiger partial charge in [-0.05, 0) is 19.8 Å². The Morgan fingerprint density at radius 2 is 2.22 bits per heavy atom. The average molecular weight is 248 g/mol. The van der Waals surface area contributed by atoms with Crippen LogP contribution in [0.1, 0.15) is 30.3 Å². The second kappa shape index (κ2) is 4.72. The van der Waals surface area contributed by atoms with Gasteiger partial charge in [0.15, 0.2) is 0 Å². The molecule has 0 aromatic carbocycles. The Labute approximate surface area is 105 Å². The lowest BCUT2D eigenvalue weighted by molar-refractivity contribution is -0.129. The second-order valence-corrected chi connectivity index (χ2v) is 4.85. The van der Waals surface area contributed by atoms with E-state index in [1.165, 1.54) is 18.6 Å². The number of carbonyl (C=O) groups is 2. The third-order valence-electron chi connectivity index (χ3n) is 3.36. The van der Waals surface area contributed by atoms with Crippen molar-refractivity contribution in [2.45, 2.75) is 19.8 Å². The number of primary amides is 1. The largest absolute Gasteiger partial charge is 0.369 e. The Bertz CT molecular complexity index is 462. The van der Waals surface area contributed by atoms with Crippen molar-refractivity contribution in [3.8, 4) is 0 Å². The minimum absolute atomic E-state index is 0.199. The van der Waals surface area contributed by atoms with Crippen LogP contribution < -0.4 is 5.73 Å². The fourth-order valence-electron chi connectivity index (χ4n) is 2.19. The average Bonchev–Trinajstić information content (AvgIpc) is 2.39. The molecule has 0 unspecified atom stereocenters. The Morgan fingerprint density at radius 1 is 1.44 bits per heavy atom. The molecule has 1 aromatic rings. The van der Waals surface area contributed by atoms with Crippen LogP contribution in [0.3, 0.4) is 0 Å². The molecule has 2 amide bonds. The first-order valence-electron chi connectivity index (χ1n) is 5.88. The summed E-state index contributed by atoms with van der Waals surface area (Å²) >= 11 is 0. The molecule has 2 rings (SSSR count). The predicted octanol–water partition coefficient (Wildman–Crippen LogP) is 0.204. The highest BCUT2D eigenvalue weighted by atomic mass is 16.2. The summed E-state index contributed by atoms with van der Waals surface area (Å²) in [6.45, 7) is 2.77. The SMILES string of the molecule is C[C@@]1(C(N)=O)CCCN(C(=O)c2cnccn2)C1. The van der Waals surface area contributed by atoms with Crippen LogP contribution in [0.5, 0.6) is 0 Å². The summed E-state index contributed by atoms with van der Waals surface area (Å²) in [6, 6.07) is 0. The molecular formula is C12H16N4O2. The van der Waals surface area contributed by atoms with Gasteiger partial charge in [-0.25, -0.2) is 4.98 Å². The van der Waals surface area contributed by atoms with Gasteiger partial charge in [-0.15, -0.1) is 0 Å². The van der Waals surface area contributed by atoms with Crippen molar-refractivity contribution in [2.75, 3.05) is 13.1 Å². The molecule has 1 aromatic heterocycles. The van der Waals surface area contributed by atoms with Crippen LogP contribution in [0.2, 0.25) is 0 Å². The lowest BCUT2D eigenvalue weighted by Gasteiger charge is -2.38. The molecule has 6 heteroatoms. The molecule has 96 valence electrons. The minimum atomic E-state index is -0.643. The van der Waals surface area contributed by atoms with Crippen LogP contribution >= 0.6 is 0 Å². The van der Waals surface area contributed by atoms with Gasteiger partial charge >= 0.3 is 0 Å². The number of carbonyl (C=O) groups excluding carboxylic acids is 2. The zero-order valence-corrected chi connectivity index (χ0v) is 10.3. The van der Waals surface area contributed by atoms with Gasteiger partial charge in [0.05, 0.1) is 11.6 Å². The fraction of sp³-hybridized carbons (Fsp3) is 0.500. The Hall–Kier alpha value is -1.98. The molecule has 1 saturated heterocycles. The number of nitrogens with zero attached hydrogens (tertiary/aromatic N) is 3. The number of piperidine rings is 1. The van der Waals surface area contributed by atoms with E-state index in [0.29, 0.717) is 25.2 Å². The summed E-state index contributed by atoms with van der Waals surface area (Å²) in [5.41, 5.74) is 5.05. The predicted molar refractivity (Wildman–Crippen MR) is 64.5 cm³/mol. The molecule has 0 radical (unpaired) electrons. The molecular weight excluding hydrogens is 232 g/mol. The van der Waals surface area contributed by atoms with Crippen LogP contribution in [-0.4, -0.2) is 39.8 Å². The first-order chi connectivity index (χ1) is 8.53. The highest BCUT2D eigenvalue weighted by molar-refractivity contribution is 5.92. The molecule has 1 aliphatic heterocycles. The van der Waals surface area contributed by atoms with Gasteiger partial charge in [-0.3, -0.25) is 14.6 Å². The number of aromatic nitrogens is 2. The molecule has 1 atom stereocenters. The third kappa shape index (κ3) is 2.32. The first-order valence-corrected chi connectivity index (χ1v) is 5.88. The standard InChI is InChI=1S/C12H16N4O2/c1-12(11(13)18)3-2-6-16(8-12)10(17)9-7-14-4-5-15-9/h4-5,7H,2-3,6,8H2,1H3,(H2,13,18)/t12-/m1/s1. The Balaban J connectivity index is 2.15. The lowest BCUT2D eigenvalue weighted by atomic mass is 9.81. The number of likely N-dealkylation sites (tertiary alicyclic amines) is 1. The van der Waals surface area contributed by atoms with Crippen molar-refractivity contribution < 1.29 is 9.59 Å². The lowest BCUT2D eigenvalue weighted by Crippen LogP contribution is -2.50. The van der Waals surface area contributed by atoms with Crippen molar-refractivity contribution in [1.82, 2.24) is 14.9 Å². The number of nitrogens with two attached hydrogens (primary N) is 1. The van der Waals surface area contributed by atoms with Gasteiger partial charge < -0.3 is 10.6 Å². The maximum atomic E-state index is 12.2. The van der Waals surface area contributed by atoms with E-state index in [2.05, 4.69) is 9.97 Å². The summed E-state index contributed by atoms with van der Waals surface area (Å²) in [5, 5.41) is 0. The van der Waals surface area contributed by atoms with E-state index in [1.807, 2.05) is 0 Å². The van der Waals surface area contributed by atoms with Gasteiger partial charge in [0.2, 0.25) is 5.91 Å². The molecule has 0 aliphatic carbocycles. The van der Waals surface area contributed by atoms with Crippen LogP contribution in [0.25, 0.3) is 0 Å². The molecule has 0 spiro atoms. The van der Waals surface area contributed by atoms with E-state index in [4.69, 9.17) is 5.73 Å². The van der Waals surface area contributed by atoms with Crippen LogP contribution in [-0.2, 0) is 4.79 Å². The van der Waals surface area contributed by atoms with E-state index in [9.17, 15) is 9.59 Å². The number of rotatable bonds is 2. The monoisotopic (exact) mass is 248 g/mol. The third-order valence-corrected chi connectivity index (χ3v) is 3.36. The molecule has 6 nitrogen and oxygen atoms in total. The summed E-state index contributed by atoms with van der Waals surface area (Å²) in [6.07, 6.45) is 5.90. The van der Waals surface area contributed by atoms with Crippen molar-refractivity contribution in [3.05, 3.63) is 24.3 Å². The zero-order chi connectivity index (χ0) is 13.2. The summed E-state index contributed by atoms with van der Waals surface area (Å²) in [7, 11) is 0. The molecule has 2 N–H and O–H groups in total. The van der Waals surface area contributed by atoms with Gasteiger partial charge in [0.25, 0.3) is 5.91 Å². The van der Waals surface area contributed by atoms with Gasteiger partial charge in [-0.1, -0.05) is 0 Å². The van der Waals surface area contributed by atoms with E-state index in [1.54, 1.807) is 11.8 Å². The van der Waals surface area contributed by atoms with Crippen molar-refractivity contribution >= 4 is 11.8 Å². The molecule has 18 heavy (non-hydrogen) atoms. The molecule has 1 fully saturated rings. The summed E-state index contributed by atoms with van der Waals surface area (Å²) in [5.74, 6) is -0.561. The molecule has 2 heterocycles. The van der Waals surface area contributed by atoms with Crippen molar-refractivity contribution in [3.63, 3.8) is 0 Å². The maximum absolute atomic E-state index is 12.2. The van der Waals surface area contributed by atoms with Crippen LogP contribution in [0.15, 0.2) is 18.6 Å². The smallest absolute Gasteiger partial charge is 0.274 e. The highest BCUT2D eigenvalue weighted by Gasteiger charge is 2.38. The van der Waals surface area contributed by atoms with Gasteiger partial charge in [0.1, 0.15) is 5.69 Å². The Morgan fingerprint density at radius 3 is 2.83 bits per heavy atom. The fourth-order valence-corrected chi connectivity index (χ4v) is 2.19. The van der Waals surface area contributed by atoms with Gasteiger partial charge in [-0.2, -0.15) is 0 Å². The molecule has 0 saturated carbocycles. The number of hydrogen-bond donors (Lipinski definition) is 1. The second-order valence-electron chi connectivity index (χ2n) is 4.85. The van der Waals surface area contributed by atoms with Crippen LogP contribution in [0, 0.1) is 5.41 Å². The van der Waals surface area contributed by atoms with E-state index >= 15 is 0 Å². The Kier molecular flexibility index (Phi) is 3.27. The maximum Gasteiger partial charge on any atom is 0.274 e. The highest BCUT2D eigenvalue weighted by Crippen LogP contribution is 2.29. The number of hydrogen-bond acceptors (Lipinski definition) is 4. The van der Waals surface area contributed by atoms with Crippen molar-refractivity contribution in [1.29, 1.82) is 0 Å². The topological polar surface area (TPSA) is 89.2 Å². The van der Waals surface area contributed by atoms with E-state index in [-0.39, 0.29) is 11.8 Å². The normalized spacial score (nSPS) is 23.7. The van der Waals surface area contributed by atoms with E-state index < -0.39 is 5.41 Å². The summed E-state index contributed by atoms with van der Waals surface area (Å²) < 4.78 is 0. The molecule has 1 aliphatic rings. The first kappa shape index (κ1) is 12.5. The number of amides is 2. The molecule has 0 bridgehead atoms.